The first-order valence-corrected chi connectivity index (χ1v) is 9.88. The van der Waals surface area contributed by atoms with Crippen LogP contribution >= 0.6 is 23.1 Å². The Bertz CT molecular complexity index is 815. The van der Waals surface area contributed by atoms with Crippen molar-refractivity contribution in [2.75, 3.05) is 5.75 Å². The summed E-state index contributed by atoms with van der Waals surface area (Å²) in [5, 5.41) is 14.3. The Hall–Kier alpha value is -2.12. The molecule has 0 bridgehead atoms. The number of benzene rings is 1. The maximum atomic E-state index is 12.2. The Kier molecular flexibility index (Phi) is 5.88. The van der Waals surface area contributed by atoms with Gasteiger partial charge in [0.05, 0.1) is 11.8 Å². The van der Waals surface area contributed by atoms with Gasteiger partial charge in [-0.2, -0.15) is 0 Å². The Morgan fingerprint density at radius 3 is 2.76 bits per heavy atom. The fraction of sp³-hybridized carbons (Fsp3) is 0.278. The van der Waals surface area contributed by atoms with Gasteiger partial charge in [0.25, 0.3) is 0 Å². The molecule has 0 fully saturated rings. The van der Waals surface area contributed by atoms with Crippen LogP contribution in [0.15, 0.2) is 53.0 Å². The second-order valence-corrected chi connectivity index (χ2v) is 7.68. The third kappa shape index (κ3) is 4.70. The first-order chi connectivity index (χ1) is 12.1. The largest absolute Gasteiger partial charge is 0.349 e. The third-order valence-corrected chi connectivity index (χ3v) is 5.74. The molecule has 0 spiro atoms. The van der Waals surface area contributed by atoms with Gasteiger partial charge in [0.2, 0.25) is 5.91 Å². The highest BCUT2D eigenvalue weighted by molar-refractivity contribution is 7.99. The second-order valence-electron chi connectivity index (χ2n) is 5.70. The summed E-state index contributed by atoms with van der Waals surface area (Å²) >= 11 is 3.11. The van der Waals surface area contributed by atoms with Crippen LogP contribution in [0.5, 0.6) is 0 Å². The molecule has 0 radical (unpaired) electrons. The van der Waals surface area contributed by atoms with Crippen molar-refractivity contribution >= 4 is 29.0 Å². The van der Waals surface area contributed by atoms with Gasteiger partial charge in [0, 0.05) is 18.3 Å². The molecule has 0 unspecified atom stereocenters. The van der Waals surface area contributed by atoms with E-state index in [0.29, 0.717) is 5.75 Å². The number of hydrogen-bond donors (Lipinski definition) is 1. The van der Waals surface area contributed by atoms with Crippen molar-refractivity contribution in [3.05, 3.63) is 64.1 Å². The summed E-state index contributed by atoms with van der Waals surface area (Å²) in [4.78, 5) is 13.4. The minimum Gasteiger partial charge on any atom is -0.349 e. The Labute approximate surface area is 155 Å². The van der Waals surface area contributed by atoms with Gasteiger partial charge in [-0.3, -0.25) is 4.79 Å². The molecule has 0 aliphatic heterocycles. The standard InChI is InChI=1S/C18H20N4OS2/c1-13(14-7-4-3-5-8-14)19-17(23)12-25-18-21-20-16(22(18)2)11-15-9-6-10-24-15/h3-10,13H,11-12H2,1-2H3,(H,19,23)/t13-/m0/s1. The predicted octanol–water partition coefficient (Wildman–Crippen LogP) is 3.44. The Balaban J connectivity index is 1.53. The fourth-order valence-corrected chi connectivity index (χ4v) is 3.87. The van der Waals surface area contributed by atoms with Gasteiger partial charge < -0.3 is 9.88 Å². The zero-order chi connectivity index (χ0) is 17.6. The zero-order valence-electron chi connectivity index (χ0n) is 14.2. The van der Waals surface area contributed by atoms with E-state index in [9.17, 15) is 4.79 Å². The minimum absolute atomic E-state index is 0.0100. The molecule has 2 aromatic heterocycles. The van der Waals surface area contributed by atoms with Crippen LogP contribution in [0.1, 0.15) is 29.2 Å². The number of aromatic nitrogens is 3. The minimum atomic E-state index is -0.0109. The fourth-order valence-electron chi connectivity index (χ4n) is 2.43. The van der Waals surface area contributed by atoms with Gasteiger partial charge >= 0.3 is 0 Å². The molecule has 0 saturated carbocycles. The smallest absolute Gasteiger partial charge is 0.230 e. The number of thiophene rings is 1. The molecule has 3 rings (SSSR count). The first kappa shape index (κ1) is 17.7. The van der Waals surface area contributed by atoms with E-state index in [1.807, 2.05) is 54.9 Å². The van der Waals surface area contributed by atoms with Crippen LogP contribution in [0.25, 0.3) is 0 Å². The number of carbonyl (C=O) groups is 1. The van der Waals surface area contributed by atoms with E-state index in [0.717, 1.165) is 23.0 Å². The van der Waals surface area contributed by atoms with Crippen molar-refractivity contribution in [3.8, 4) is 0 Å². The second kappa shape index (κ2) is 8.31. The van der Waals surface area contributed by atoms with Gasteiger partial charge in [0.15, 0.2) is 5.16 Å². The van der Waals surface area contributed by atoms with Crippen molar-refractivity contribution in [2.45, 2.75) is 24.5 Å². The maximum absolute atomic E-state index is 12.2. The summed E-state index contributed by atoms with van der Waals surface area (Å²) in [7, 11) is 1.94. The Morgan fingerprint density at radius 1 is 1.24 bits per heavy atom. The van der Waals surface area contributed by atoms with E-state index in [1.54, 1.807) is 11.3 Å². The van der Waals surface area contributed by atoms with Crippen molar-refractivity contribution in [3.63, 3.8) is 0 Å². The number of amides is 1. The Morgan fingerprint density at radius 2 is 2.04 bits per heavy atom. The van der Waals surface area contributed by atoms with Gasteiger partial charge in [-0.25, -0.2) is 0 Å². The summed E-state index contributed by atoms with van der Waals surface area (Å²) < 4.78 is 1.96. The highest BCUT2D eigenvalue weighted by Gasteiger charge is 2.14. The summed E-state index contributed by atoms with van der Waals surface area (Å²) in [5.41, 5.74) is 1.10. The van der Waals surface area contributed by atoms with E-state index in [-0.39, 0.29) is 11.9 Å². The van der Waals surface area contributed by atoms with E-state index in [1.165, 1.54) is 16.6 Å². The topological polar surface area (TPSA) is 59.8 Å². The van der Waals surface area contributed by atoms with Gasteiger partial charge in [-0.15, -0.1) is 21.5 Å². The molecule has 1 amide bonds. The molecule has 7 heteroatoms. The zero-order valence-corrected chi connectivity index (χ0v) is 15.8. The van der Waals surface area contributed by atoms with Gasteiger partial charge in [0.1, 0.15) is 5.82 Å². The van der Waals surface area contributed by atoms with Crippen LogP contribution < -0.4 is 5.32 Å². The average Bonchev–Trinajstić information content (AvgIpc) is 3.25. The highest BCUT2D eigenvalue weighted by atomic mass is 32.2. The molecule has 0 aliphatic rings. The molecule has 5 nitrogen and oxygen atoms in total. The summed E-state index contributed by atoms with van der Waals surface area (Å²) in [6.45, 7) is 1.99. The first-order valence-electron chi connectivity index (χ1n) is 8.01. The number of carbonyl (C=O) groups excluding carboxylic acids is 1. The lowest BCUT2D eigenvalue weighted by molar-refractivity contribution is -0.119. The van der Waals surface area contributed by atoms with Gasteiger partial charge in [-0.05, 0) is 23.9 Å². The number of thioether (sulfide) groups is 1. The molecule has 0 aliphatic carbocycles. The summed E-state index contributed by atoms with van der Waals surface area (Å²) in [6.07, 6.45) is 0.763. The molecule has 1 N–H and O–H groups in total. The lowest BCUT2D eigenvalue weighted by Crippen LogP contribution is -2.28. The van der Waals surface area contributed by atoms with E-state index >= 15 is 0 Å². The quantitative estimate of drug-likeness (QED) is 0.646. The van der Waals surface area contributed by atoms with Crippen molar-refractivity contribution in [1.82, 2.24) is 20.1 Å². The summed E-state index contributed by atoms with van der Waals surface area (Å²) in [5.74, 6) is 1.22. The van der Waals surface area contributed by atoms with Gasteiger partial charge in [-0.1, -0.05) is 48.2 Å². The van der Waals surface area contributed by atoms with Crippen LogP contribution in [-0.2, 0) is 18.3 Å². The number of hydrogen-bond acceptors (Lipinski definition) is 5. The molecule has 1 atom stereocenters. The van der Waals surface area contributed by atoms with Crippen LogP contribution in [0.4, 0.5) is 0 Å². The summed E-state index contributed by atoms with van der Waals surface area (Å²) in [6, 6.07) is 14.0. The highest BCUT2D eigenvalue weighted by Crippen LogP contribution is 2.19. The number of nitrogens with one attached hydrogen (secondary N) is 1. The molecule has 3 aromatic rings. The van der Waals surface area contributed by atoms with Crippen molar-refractivity contribution in [1.29, 1.82) is 0 Å². The lowest BCUT2D eigenvalue weighted by atomic mass is 10.1. The molecule has 0 saturated heterocycles. The van der Waals surface area contributed by atoms with E-state index < -0.39 is 0 Å². The number of nitrogens with zero attached hydrogens (tertiary/aromatic N) is 3. The van der Waals surface area contributed by atoms with E-state index in [4.69, 9.17) is 0 Å². The average molecular weight is 373 g/mol. The molecule has 2 heterocycles. The normalized spacial score (nSPS) is 12.1. The molecule has 1 aromatic carbocycles. The van der Waals surface area contributed by atoms with Crippen LogP contribution in [0.3, 0.4) is 0 Å². The van der Waals surface area contributed by atoms with Crippen LogP contribution in [-0.4, -0.2) is 26.4 Å². The lowest BCUT2D eigenvalue weighted by Gasteiger charge is -2.13. The SMILES string of the molecule is C[C@H](NC(=O)CSc1nnc(Cc2cccs2)n1C)c1ccccc1. The third-order valence-electron chi connectivity index (χ3n) is 3.85. The van der Waals surface area contributed by atoms with Crippen molar-refractivity contribution < 1.29 is 4.79 Å². The van der Waals surface area contributed by atoms with Crippen molar-refractivity contribution in [2.24, 2.45) is 7.05 Å². The monoisotopic (exact) mass is 372 g/mol. The number of rotatable bonds is 7. The van der Waals surface area contributed by atoms with E-state index in [2.05, 4.69) is 27.0 Å². The van der Waals surface area contributed by atoms with Crippen LogP contribution in [0, 0.1) is 0 Å². The molecule has 25 heavy (non-hydrogen) atoms. The van der Waals surface area contributed by atoms with Crippen LogP contribution in [0.2, 0.25) is 0 Å². The predicted molar refractivity (Wildman–Crippen MR) is 102 cm³/mol. The molecular weight excluding hydrogens is 352 g/mol. The maximum Gasteiger partial charge on any atom is 0.230 e. The molecular formula is C18H20N4OS2. The molecule has 130 valence electrons.